The van der Waals surface area contributed by atoms with Crippen LogP contribution in [-0.4, -0.2) is 41.0 Å². The first-order chi connectivity index (χ1) is 26.3. The molecule has 2 N–H and O–H groups in total. The summed E-state index contributed by atoms with van der Waals surface area (Å²) >= 11 is 0. The van der Waals surface area contributed by atoms with Gasteiger partial charge < -0.3 is 19.3 Å². The minimum absolute atomic E-state index is 0.206. The van der Waals surface area contributed by atoms with Crippen molar-refractivity contribution in [1.82, 2.24) is 0 Å². The SMILES string of the molecule is CCC/C=C\C/C=C\CCCCCCCC(=O)OCC(COP(=O)(O)O)OC(=O)CCCCCCCCCCCCC/C=C\C/C=C\CCCCCCC. The average molecular weight is 781 g/mol. The lowest BCUT2D eigenvalue weighted by atomic mass is 10.0. The van der Waals surface area contributed by atoms with Crippen LogP contribution in [0.25, 0.3) is 0 Å². The Bertz CT molecular complexity index is 1020. The first-order valence-corrected chi connectivity index (χ1v) is 23.5. The summed E-state index contributed by atoms with van der Waals surface area (Å²) in [6.45, 7) is 3.60. The zero-order chi connectivity index (χ0) is 39.6. The zero-order valence-electron chi connectivity index (χ0n) is 34.6. The van der Waals surface area contributed by atoms with E-state index in [1.807, 2.05) is 0 Å². The number of hydrogen-bond donors (Lipinski definition) is 2. The van der Waals surface area contributed by atoms with E-state index in [-0.39, 0.29) is 19.4 Å². The Kier molecular flexibility index (Phi) is 39.2. The number of ether oxygens (including phenoxy) is 2. The summed E-state index contributed by atoms with van der Waals surface area (Å²) < 4.78 is 26.4. The Morgan fingerprint density at radius 2 is 0.870 bits per heavy atom. The molecule has 0 amide bonds. The molecule has 0 radical (unpaired) electrons. The van der Waals surface area contributed by atoms with Gasteiger partial charge in [-0.15, -0.1) is 0 Å². The van der Waals surface area contributed by atoms with Crippen molar-refractivity contribution >= 4 is 19.8 Å². The number of unbranched alkanes of at least 4 members (excludes halogenated alkanes) is 22. The quantitative estimate of drug-likeness (QED) is 0.0273. The van der Waals surface area contributed by atoms with Crippen LogP contribution in [0.2, 0.25) is 0 Å². The lowest BCUT2D eigenvalue weighted by molar-refractivity contribution is -0.161. The Morgan fingerprint density at radius 1 is 0.481 bits per heavy atom. The maximum absolute atomic E-state index is 12.4. The topological polar surface area (TPSA) is 119 Å². The highest BCUT2D eigenvalue weighted by molar-refractivity contribution is 7.46. The number of rotatable bonds is 40. The molecule has 54 heavy (non-hydrogen) atoms. The van der Waals surface area contributed by atoms with Gasteiger partial charge in [0.15, 0.2) is 6.10 Å². The number of phosphoric ester groups is 1. The third-order valence-corrected chi connectivity index (χ3v) is 9.79. The number of allylic oxidation sites excluding steroid dienone is 8. The van der Waals surface area contributed by atoms with Gasteiger partial charge >= 0.3 is 19.8 Å². The summed E-state index contributed by atoms with van der Waals surface area (Å²) in [5, 5.41) is 0. The predicted molar refractivity (Wildman–Crippen MR) is 225 cm³/mol. The van der Waals surface area contributed by atoms with Crippen LogP contribution in [0, 0.1) is 0 Å². The van der Waals surface area contributed by atoms with E-state index in [2.05, 4.69) is 67.0 Å². The van der Waals surface area contributed by atoms with Crippen LogP contribution >= 0.6 is 7.82 Å². The van der Waals surface area contributed by atoms with E-state index in [4.69, 9.17) is 19.3 Å². The van der Waals surface area contributed by atoms with E-state index in [1.165, 1.54) is 96.3 Å². The van der Waals surface area contributed by atoms with Crippen molar-refractivity contribution in [3.8, 4) is 0 Å². The van der Waals surface area contributed by atoms with Crippen LogP contribution in [0.1, 0.15) is 206 Å². The summed E-state index contributed by atoms with van der Waals surface area (Å²) in [5.74, 6) is -0.902. The van der Waals surface area contributed by atoms with Crippen LogP contribution in [-0.2, 0) is 28.2 Å². The molecule has 0 heterocycles. The first-order valence-electron chi connectivity index (χ1n) is 21.9. The summed E-state index contributed by atoms with van der Waals surface area (Å²) in [6, 6.07) is 0. The number of esters is 2. The van der Waals surface area contributed by atoms with E-state index in [0.29, 0.717) is 12.8 Å². The second kappa shape index (κ2) is 40.7. The van der Waals surface area contributed by atoms with Gasteiger partial charge in [0, 0.05) is 12.8 Å². The van der Waals surface area contributed by atoms with Crippen molar-refractivity contribution < 1.29 is 37.9 Å². The largest absolute Gasteiger partial charge is 0.469 e. The van der Waals surface area contributed by atoms with E-state index < -0.39 is 32.5 Å². The fraction of sp³-hybridized carbons (Fsp3) is 0.778. The molecule has 0 aromatic rings. The predicted octanol–water partition coefficient (Wildman–Crippen LogP) is 13.5. The lowest BCUT2D eigenvalue weighted by Gasteiger charge is -2.18. The summed E-state index contributed by atoms with van der Waals surface area (Å²) in [6.07, 6.45) is 49.8. The standard InChI is InChI=1S/C45H81O8P/c1-3-5-7-9-11-13-15-17-18-19-20-21-22-23-24-25-26-28-30-32-34-36-38-40-45(47)53-43(42-52-54(48,49)50)41-51-44(46)39-37-35-33-31-29-27-16-14-12-10-8-6-4-2/h8,10,14-17,19-20,43H,3-7,9,11-13,18,21-42H2,1-2H3,(H2,48,49,50)/b10-8-,16-14-,17-15-,20-19-. The highest BCUT2D eigenvalue weighted by Crippen LogP contribution is 2.36. The maximum atomic E-state index is 12.4. The number of carbonyl (C=O) groups is 2. The van der Waals surface area contributed by atoms with Gasteiger partial charge in [0.1, 0.15) is 6.61 Å². The van der Waals surface area contributed by atoms with E-state index in [1.54, 1.807) is 0 Å². The van der Waals surface area contributed by atoms with Crippen LogP contribution in [0.15, 0.2) is 48.6 Å². The molecule has 9 heteroatoms. The summed E-state index contributed by atoms with van der Waals surface area (Å²) in [4.78, 5) is 42.9. The lowest BCUT2D eigenvalue weighted by Crippen LogP contribution is -2.29. The maximum Gasteiger partial charge on any atom is 0.469 e. The van der Waals surface area contributed by atoms with Crippen molar-refractivity contribution in [3.05, 3.63) is 48.6 Å². The van der Waals surface area contributed by atoms with Crippen molar-refractivity contribution in [3.63, 3.8) is 0 Å². The minimum Gasteiger partial charge on any atom is -0.462 e. The molecule has 0 aliphatic heterocycles. The highest BCUT2D eigenvalue weighted by atomic mass is 31.2. The monoisotopic (exact) mass is 781 g/mol. The zero-order valence-corrected chi connectivity index (χ0v) is 35.5. The van der Waals surface area contributed by atoms with Crippen molar-refractivity contribution in [2.45, 2.75) is 213 Å². The first kappa shape index (κ1) is 52.0. The van der Waals surface area contributed by atoms with Gasteiger partial charge in [-0.3, -0.25) is 14.1 Å². The van der Waals surface area contributed by atoms with Crippen LogP contribution in [0.3, 0.4) is 0 Å². The number of hydrogen-bond acceptors (Lipinski definition) is 6. The van der Waals surface area contributed by atoms with Crippen LogP contribution in [0.5, 0.6) is 0 Å². The molecule has 0 rings (SSSR count). The van der Waals surface area contributed by atoms with Gasteiger partial charge in [0.05, 0.1) is 6.61 Å². The van der Waals surface area contributed by atoms with Crippen molar-refractivity contribution in [2.75, 3.05) is 13.2 Å². The molecule has 0 saturated heterocycles. The molecule has 0 aromatic carbocycles. The molecule has 0 bridgehead atoms. The molecule has 0 fully saturated rings. The molecule has 0 aliphatic rings. The van der Waals surface area contributed by atoms with Gasteiger partial charge in [0.25, 0.3) is 0 Å². The fourth-order valence-electron chi connectivity index (χ4n) is 6.03. The molecule has 314 valence electrons. The fourth-order valence-corrected chi connectivity index (χ4v) is 6.39. The van der Waals surface area contributed by atoms with Gasteiger partial charge in [-0.1, -0.05) is 172 Å². The smallest absolute Gasteiger partial charge is 0.462 e. The highest BCUT2D eigenvalue weighted by Gasteiger charge is 2.22. The summed E-state index contributed by atoms with van der Waals surface area (Å²) in [7, 11) is -4.76. The number of phosphoric acid groups is 1. The third-order valence-electron chi connectivity index (χ3n) is 9.30. The molecule has 0 aliphatic carbocycles. The second-order valence-corrected chi connectivity index (χ2v) is 15.9. The van der Waals surface area contributed by atoms with Gasteiger partial charge in [-0.2, -0.15) is 0 Å². The Hall–Kier alpha value is -1.99. The molecule has 0 aromatic heterocycles. The normalized spacial score (nSPS) is 12.9. The molecule has 0 saturated carbocycles. The molecular formula is C45H81O8P. The summed E-state index contributed by atoms with van der Waals surface area (Å²) in [5.41, 5.74) is 0. The molecule has 1 atom stereocenters. The van der Waals surface area contributed by atoms with Gasteiger partial charge in [-0.25, -0.2) is 4.57 Å². The second-order valence-electron chi connectivity index (χ2n) is 14.7. The van der Waals surface area contributed by atoms with Crippen LogP contribution in [0.4, 0.5) is 0 Å². The number of carbonyl (C=O) groups excluding carboxylic acids is 2. The van der Waals surface area contributed by atoms with Crippen molar-refractivity contribution in [1.29, 1.82) is 0 Å². The minimum atomic E-state index is -4.76. The average Bonchev–Trinajstić information content (AvgIpc) is 3.14. The molecule has 0 spiro atoms. The molecule has 8 nitrogen and oxygen atoms in total. The molecular weight excluding hydrogens is 699 g/mol. The van der Waals surface area contributed by atoms with Gasteiger partial charge in [-0.05, 0) is 70.6 Å². The van der Waals surface area contributed by atoms with Crippen molar-refractivity contribution in [2.24, 2.45) is 0 Å². The Labute approximate surface area is 331 Å². The molecule has 1 unspecified atom stereocenters. The van der Waals surface area contributed by atoms with Gasteiger partial charge in [0.2, 0.25) is 0 Å². The van der Waals surface area contributed by atoms with Crippen LogP contribution < -0.4 is 0 Å². The Morgan fingerprint density at radius 3 is 1.30 bits per heavy atom. The van der Waals surface area contributed by atoms with E-state index in [0.717, 1.165) is 70.6 Å². The third kappa shape index (κ3) is 42.7. The van der Waals surface area contributed by atoms with E-state index >= 15 is 0 Å². The van der Waals surface area contributed by atoms with E-state index in [9.17, 15) is 14.2 Å². The Balaban J connectivity index is 3.87.